The highest BCUT2D eigenvalue weighted by Gasteiger charge is 2.34. The summed E-state index contributed by atoms with van der Waals surface area (Å²) in [6.45, 7) is 0.112. The first-order chi connectivity index (χ1) is 7.99. The molecule has 1 aromatic carbocycles. The van der Waals surface area contributed by atoms with E-state index >= 15 is 0 Å². The molecule has 0 fully saturated rings. The Morgan fingerprint density at radius 1 is 1.29 bits per heavy atom. The van der Waals surface area contributed by atoms with E-state index in [0.717, 1.165) is 20.5 Å². The Balaban J connectivity index is 2.39. The van der Waals surface area contributed by atoms with Crippen molar-refractivity contribution < 1.29 is 19.8 Å². The van der Waals surface area contributed by atoms with Gasteiger partial charge in [-0.3, -0.25) is 4.90 Å². The number of aliphatic carboxylic acids is 1. The van der Waals surface area contributed by atoms with Crippen LogP contribution < -0.4 is 0 Å². The minimum Gasteiger partial charge on any atom is -0.480 e. The minimum absolute atomic E-state index is 0.112. The van der Waals surface area contributed by atoms with Gasteiger partial charge in [0.1, 0.15) is 6.04 Å². The van der Waals surface area contributed by atoms with Crippen LogP contribution in [0.5, 0.6) is 0 Å². The monoisotopic (exact) mass is 299 g/mol. The van der Waals surface area contributed by atoms with Crippen LogP contribution >= 0.6 is 15.9 Å². The Hall–Kier alpha value is -1.56. The molecule has 0 bridgehead atoms. The second-order valence-electron chi connectivity index (χ2n) is 3.88. The molecular weight excluding hydrogens is 290 g/mol. The molecule has 1 heterocycles. The highest BCUT2D eigenvalue weighted by molar-refractivity contribution is 9.10. The van der Waals surface area contributed by atoms with Gasteiger partial charge in [0, 0.05) is 10.9 Å². The van der Waals surface area contributed by atoms with Gasteiger partial charge in [0.2, 0.25) is 0 Å². The Kier molecular flexibility index (Phi) is 3.06. The molecule has 0 saturated carbocycles. The lowest BCUT2D eigenvalue weighted by molar-refractivity contribution is -0.143. The molecule has 90 valence electrons. The van der Waals surface area contributed by atoms with Gasteiger partial charge in [-0.2, -0.15) is 0 Å². The van der Waals surface area contributed by atoms with Crippen molar-refractivity contribution in [1.29, 1.82) is 0 Å². The van der Waals surface area contributed by atoms with Crippen molar-refractivity contribution in [3.8, 4) is 0 Å². The van der Waals surface area contributed by atoms with Crippen molar-refractivity contribution in [3.05, 3.63) is 33.8 Å². The smallest absolute Gasteiger partial charge is 0.408 e. The van der Waals surface area contributed by atoms with E-state index in [1.54, 1.807) is 0 Å². The van der Waals surface area contributed by atoms with E-state index in [0.29, 0.717) is 0 Å². The molecule has 5 nitrogen and oxygen atoms in total. The van der Waals surface area contributed by atoms with Gasteiger partial charge in [-0.1, -0.05) is 22.0 Å². The highest BCUT2D eigenvalue weighted by Crippen LogP contribution is 2.26. The molecule has 6 heteroatoms. The lowest BCUT2D eigenvalue weighted by atomic mass is 9.94. The summed E-state index contributed by atoms with van der Waals surface area (Å²) in [7, 11) is 0. The molecule has 0 saturated heterocycles. The van der Waals surface area contributed by atoms with E-state index in [2.05, 4.69) is 15.9 Å². The first-order valence-corrected chi connectivity index (χ1v) is 5.78. The molecule has 0 spiro atoms. The number of carbonyl (C=O) groups is 2. The van der Waals surface area contributed by atoms with Crippen molar-refractivity contribution in [1.82, 2.24) is 4.90 Å². The number of amides is 1. The largest absolute Gasteiger partial charge is 0.480 e. The van der Waals surface area contributed by atoms with Gasteiger partial charge >= 0.3 is 12.1 Å². The van der Waals surface area contributed by atoms with Crippen molar-refractivity contribution >= 4 is 28.0 Å². The highest BCUT2D eigenvalue weighted by atomic mass is 79.9. The molecule has 2 N–H and O–H groups in total. The summed E-state index contributed by atoms with van der Waals surface area (Å²) in [5, 5.41) is 18.0. The normalized spacial score (nSPS) is 18.6. The van der Waals surface area contributed by atoms with E-state index in [1.165, 1.54) is 0 Å². The fourth-order valence-electron chi connectivity index (χ4n) is 1.97. The predicted molar refractivity (Wildman–Crippen MR) is 62.8 cm³/mol. The van der Waals surface area contributed by atoms with E-state index in [1.807, 2.05) is 18.2 Å². The van der Waals surface area contributed by atoms with Gasteiger partial charge in [-0.25, -0.2) is 9.59 Å². The first-order valence-electron chi connectivity index (χ1n) is 4.98. The van der Waals surface area contributed by atoms with Gasteiger partial charge in [0.15, 0.2) is 0 Å². The summed E-state index contributed by atoms with van der Waals surface area (Å²) in [4.78, 5) is 23.0. The van der Waals surface area contributed by atoms with E-state index in [9.17, 15) is 9.59 Å². The fraction of sp³-hybridized carbons (Fsp3) is 0.273. The predicted octanol–water partition coefficient (Wildman–Crippen LogP) is 1.94. The number of carboxylic acids is 1. The van der Waals surface area contributed by atoms with Crippen LogP contribution in [-0.4, -0.2) is 33.2 Å². The van der Waals surface area contributed by atoms with E-state index < -0.39 is 18.1 Å². The molecule has 1 atom stereocenters. The van der Waals surface area contributed by atoms with Crippen LogP contribution in [0.2, 0.25) is 0 Å². The second-order valence-corrected chi connectivity index (χ2v) is 4.80. The summed E-state index contributed by atoms with van der Waals surface area (Å²) >= 11 is 3.31. The maximum Gasteiger partial charge on any atom is 0.408 e. The van der Waals surface area contributed by atoms with Crippen molar-refractivity contribution in [2.75, 3.05) is 0 Å². The number of hydrogen-bond donors (Lipinski definition) is 2. The Bertz CT molecular complexity index is 488. The third-order valence-electron chi connectivity index (χ3n) is 2.83. The molecule has 1 aliphatic heterocycles. The van der Waals surface area contributed by atoms with Crippen LogP contribution in [0.4, 0.5) is 4.79 Å². The van der Waals surface area contributed by atoms with Gasteiger partial charge in [-0.15, -0.1) is 0 Å². The number of rotatable bonds is 1. The molecule has 1 amide bonds. The SMILES string of the molecule is O=C(O)[C@@H]1Cc2ccc(Br)cc2CN1C(=O)O. The fourth-order valence-corrected chi connectivity index (χ4v) is 2.38. The molecule has 1 aliphatic rings. The van der Waals surface area contributed by atoms with Gasteiger partial charge in [0.25, 0.3) is 0 Å². The lowest BCUT2D eigenvalue weighted by Gasteiger charge is -2.32. The quantitative estimate of drug-likeness (QED) is 0.831. The third kappa shape index (κ3) is 2.26. The van der Waals surface area contributed by atoms with E-state index in [4.69, 9.17) is 10.2 Å². The van der Waals surface area contributed by atoms with Gasteiger partial charge < -0.3 is 10.2 Å². The molecule has 0 aromatic heterocycles. The third-order valence-corrected chi connectivity index (χ3v) is 3.32. The average Bonchev–Trinajstić information content (AvgIpc) is 2.26. The van der Waals surface area contributed by atoms with Gasteiger partial charge in [-0.05, 0) is 23.3 Å². The summed E-state index contributed by atoms with van der Waals surface area (Å²) in [6.07, 6.45) is -0.993. The topological polar surface area (TPSA) is 77.8 Å². The van der Waals surface area contributed by atoms with Crippen LogP contribution in [0.1, 0.15) is 11.1 Å². The van der Waals surface area contributed by atoms with Crippen LogP contribution in [0, 0.1) is 0 Å². The molecular formula is C11H10BrNO4. The number of nitrogens with zero attached hydrogens (tertiary/aromatic N) is 1. The number of carboxylic acid groups (broad SMARTS) is 2. The van der Waals surface area contributed by atoms with E-state index in [-0.39, 0.29) is 13.0 Å². The number of hydrogen-bond acceptors (Lipinski definition) is 2. The van der Waals surface area contributed by atoms with Crippen LogP contribution in [0.15, 0.2) is 22.7 Å². The zero-order valence-electron chi connectivity index (χ0n) is 8.76. The maximum atomic E-state index is 11.0. The molecule has 0 radical (unpaired) electrons. The molecule has 2 rings (SSSR count). The summed E-state index contributed by atoms with van der Waals surface area (Å²) in [6, 6.07) is 4.48. The Labute approximate surface area is 106 Å². The zero-order valence-corrected chi connectivity index (χ0v) is 10.3. The van der Waals surface area contributed by atoms with Crippen LogP contribution in [0.3, 0.4) is 0 Å². The summed E-state index contributed by atoms with van der Waals surface area (Å²) < 4.78 is 0.857. The molecule has 0 aliphatic carbocycles. The van der Waals surface area contributed by atoms with Crippen LogP contribution in [-0.2, 0) is 17.8 Å². The van der Waals surface area contributed by atoms with Crippen molar-refractivity contribution in [3.63, 3.8) is 0 Å². The number of fused-ring (bicyclic) bond motifs is 1. The number of benzene rings is 1. The second kappa shape index (κ2) is 4.37. The van der Waals surface area contributed by atoms with Gasteiger partial charge in [0.05, 0.1) is 6.54 Å². The summed E-state index contributed by atoms with van der Waals surface area (Å²) in [5.74, 6) is -1.11. The number of halogens is 1. The van der Waals surface area contributed by atoms with Crippen LogP contribution in [0.25, 0.3) is 0 Å². The Morgan fingerprint density at radius 2 is 2.00 bits per heavy atom. The van der Waals surface area contributed by atoms with Crippen molar-refractivity contribution in [2.24, 2.45) is 0 Å². The van der Waals surface area contributed by atoms with Crippen molar-refractivity contribution in [2.45, 2.75) is 19.0 Å². The minimum atomic E-state index is -1.21. The summed E-state index contributed by atoms with van der Waals surface area (Å²) in [5.41, 5.74) is 1.73. The molecule has 1 aromatic rings. The first kappa shape index (κ1) is 11.9. The standard InChI is InChI=1S/C11H10BrNO4/c12-8-2-1-6-4-9(10(14)15)13(11(16)17)5-7(6)3-8/h1-3,9H,4-5H2,(H,14,15)(H,16,17)/t9-/m0/s1. The maximum absolute atomic E-state index is 11.0. The molecule has 0 unspecified atom stereocenters. The lowest BCUT2D eigenvalue weighted by Crippen LogP contribution is -2.48. The Morgan fingerprint density at radius 3 is 2.59 bits per heavy atom. The average molecular weight is 300 g/mol. The molecule has 17 heavy (non-hydrogen) atoms. The zero-order chi connectivity index (χ0) is 12.6.